The van der Waals surface area contributed by atoms with Crippen LogP contribution in [0.1, 0.15) is 29.1 Å². The highest BCUT2D eigenvalue weighted by molar-refractivity contribution is 6.23. The predicted octanol–water partition coefficient (Wildman–Crippen LogP) is 8.17. The molecule has 0 fully saturated rings. The van der Waals surface area contributed by atoms with Crippen molar-refractivity contribution >= 4 is 38.1 Å². The van der Waals surface area contributed by atoms with Gasteiger partial charge in [-0.3, -0.25) is 0 Å². The van der Waals surface area contributed by atoms with Gasteiger partial charge in [0.1, 0.15) is 5.92 Å². The van der Waals surface area contributed by atoms with Crippen molar-refractivity contribution in [3.63, 3.8) is 0 Å². The second-order valence-electron chi connectivity index (χ2n) is 11.8. The Hall–Kier alpha value is -5.28. The fraction of sp³-hybridized carbons (Fsp3) is 0.0769. The van der Waals surface area contributed by atoms with Crippen LogP contribution in [0.2, 0.25) is 0 Å². The molecule has 42 heavy (non-hydrogen) atoms. The van der Waals surface area contributed by atoms with Crippen LogP contribution < -0.4 is 9.13 Å². The Morgan fingerprint density at radius 1 is 0.571 bits per heavy atom. The first-order valence-corrected chi connectivity index (χ1v) is 14.8. The topological polar surface area (TPSA) is 12.2 Å². The molecule has 0 saturated carbocycles. The van der Waals surface area contributed by atoms with Crippen LogP contribution >= 0.6 is 0 Å². The fourth-order valence-corrected chi connectivity index (χ4v) is 8.34. The molecule has 4 aromatic heterocycles. The third-order valence-corrected chi connectivity index (χ3v) is 9.93. The van der Waals surface area contributed by atoms with Gasteiger partial charge in [0.25, 0.3) is 0 Å². The van der Waals surface area contributed by atoms with Gasteiger partial charge < -0.3 is 4.40 Å². The Balaban J connectivity index is 1.31. The molecule has 3 heteroatoms. The van der Waals surface area contributed by atoms with Crippen LogP contribution in [0.4, 0.5) is 0 Å². The Kier molecular flexibility index (Phi) is 4.23. The molecule has 2 aliphatic rings. The summed E-state index contributed by atoms with van der Waals surface area (Å²) in [5.41, 5.74) is 11.8. The molecule has 3 nitrogen and oxygen atoms in total. The number of para-hydroxylation sites is 2. The molecule has 10 rings (SSSR count). The van der Waals surface area contributed by atoms with Crippen LogP contribution in [0, 0.1) is 0 Å². The molecule has 0 N–H and O–H groups in total. The molecular formula is C39H27N3+2. The summed E-state index contributed by atoms with van der Waals surface area (Å²) in [6, 6.07) is 42.9. The third-order valence-electron chi connectivity index (χ3n) is 9.93. The molecule has 4 aromatic carbocycles. The molecule has 6 heterocycles. The van der Waals surface area contributed by atoms with E-state index in [4.69, 9.17) is 0 Å². The van der Waals surface area contributed by atoms with Crippen LogP contribution in [0.25, 0.3) is 60.6 Å². The van der Waals surface area contributed by atoms with Crippen molar-refractivity contribution in [1.82, 2.24) is 4.40 Å². The smallest absolute Gasteiger partial charge is 0.213 e. The van der Waals surface area contributed by atoms with Gasteiger partial charge in [-0.15, -0.1) is 0 Å². The summed E-state index contributed by atoms with van der Waals surface area (Å²) in [4.78, 5) is 0. The second kappa shape index (κ2) is 7.92. The summed E-state index contributed by atoms with van der Waals surface area (Å²) >= 11 is 0. The van der Waals surface area contributed by atoms with Gasteiger partial charge in [-0.05, 0) is 48.0 Å². The van der Waals surface area contributed by atoms with Crippen molar-refractivity contribution in [2.24, 2.45) is 0 Å². The second-order valence-corrected chi connectivity index (χ2v) is 11.8. The summed E-state index contributed by atoms with van der Waals surface area (Å²) in [5.74, 6) is 0.181. The van der Waals surface area contributed by atoms with Crippen molar-refractivity contribution in [3.8, 4) is 22.5 Å². The van der Waals surface area contributed by atoms with E-state index in [-0.39, 0.29) is 18.0 Å². The highest BCUT2D eigenvalue weighted by Gasteiger charge is 2.51. The maximum atomic E-state index is 4.39. The highest BCUT2D eigenvalue weighted by Crippen LogP contribution is 2.51. The normalized spacial score (nSPS) is 18.8. The summed E-state index contributed by atoms with van der Waals surface area (Å²) in [6.45, 7) is 4.39. The first-order chi connectivity index (χ1) is 20.8. The monoisotopic (exact) mass is 537 g/mol. The lowest BCUT2D eigenvalue weighted by atomic mass is 9.76. The van der Waals surface area contributed by atoms with E-state index in [0.29, 0.717) is 0 Å². The van der Waals surface area contributed by atoms with E-state index in [1.807, 2.05) is 0 Å². The molecule has 0 saturated heterocycles. The van der Waals surface area contributed by atoms with Crippen molar-refractivity contribution in [2.45, 2.75) is 18.0 Å². The van der Waals surface area contributed by atoms with E-state index in [0.717, 1.165) is 0 Å². The van der Waals surface area contributed by atoms with Crippen molar-refractivity contribution in [2.75, 3.05) is 0 Å². The number of pyridine rings is 2. The number of fused-ring (bicyclic) bond motifs is 12. The average molecular weight is 538 g/mol. The lowest BCUT2D eigenvalue weighted by Gasteiger charge is -2.30. The summed E-state index contributed by atoms with van der Waals surface area (Å²) in [5, 5.41) is 5.29. The Morgan fingerprint density at radius 2 is 1.26 bits per heavy atom. The summed E-state index contributed by atoms with van der Waals surface area (Å²) in [6.07, 6.45) is 6.65. The zero-order valence-electron chi connectivity index (χ0n) is 23.0. The lowest BCUT2D eigenvalue weighted by Crippen LogP contribution is -2.52. The van der Waals surface area contributed by atoms with Crippen LogP contribution in [-0.4, -0.2) is 4.40 Å². The molecule has 2 aliphatic heterocycles. The van der Waals surface area contributed by atoms with Gasteiger partial charge >= 0.3 is 0 Å². The zero-order valence-corrected chi connectivity index (χ0v) is 23.0. The van der Waals surface area contributed by atoms with Crippen molar-refractivity contribution < 1.29 is 9.13 Å². The molecule has 3 unspecified atom stereocenters. The minimum absolute atomic E-state index is 0.113. The van der Waals surface area contributed by atoms with Crippen molar-refractivity contribution in [3.05, 3.63) is 151 Å². The number of rotatable bonds is 2. The molecule has 0 aliphatic carbocycles. The molecule has 0 spiro atoms. The van der Waals surface area contributed by atoms with E-state index < -0.39 is 0 Å². The van der Waals surface area contributed by atoms with E-state index in [9.17, 15) is 0 Å². The zero-order chi connectivity index (χ0) is 27.5. The molecule has 0 amide bonds. The predicted molar refractivity (Wildman–Crippen MR) is 169 cm³/mol. The highest BCUT2D eigenvalue weighted by atomic mass is 15.1. The van der Waals surface area contributed by atoms with E-state index in [2.05, 4.69) is 154 Å². The minimum atomic E-state index is 0.113. The maximum absolute atomic E-state index is 4.39. The van der Waals surface area contributed by atoms with E-state index in [1.54, 1.807) is 0 Å². The van der Waals surface area contributed by atoms with Gasteiger partial charge in [0.2, 0.25) is 11.4 Å². The molecular weight excluding hydrogens is 510 g/mol. The van der Waals surface area contributed by atoms with E-state index >= 15 is 0 Å². The lowest BCUT2D eigenvalue weighted by molar-refractivity contribution is -0.739. The Morgan fingerprint density at radius 3 is 2.12 bits per heavy atom. The van der Waals surface area contributed by atoms with Crippen molar-refractivity contribution in [1.29, 1.82) is 0 Å². The van der Waals surface area contributed by atoms with Crippen LogP contribution in [-0.2, 0) is 0 Å². The number of benzene rings is 4. The number of hydrogen-bond donors (Lipinski definition) is 0. The van der Waals surface area contributed by atoms with Gasteiger partial charge in [-0.2, -0.15) is 9.13 Å². The van der Waals surface area contributed by atoms with Gasteiger partial charge in [0, 0.05) is 51.4 Å². The number of allylic oxidation sites excluding steroid dienone is 1. The number of nitrogens with zero attached hydrogens (tertiary/aromatic N) is 3. The molecule has 8 aromatic rings. The fourth-order valence-electron chi connectivity index (χ4n) is 8.34. The van der Waals surface area contributed by atoms with Crippen LogP contribution in [0.15, 0.2) is 140 Å². The number of aromatic nitrogens is 3. The van der Waals surface area contributed by atoms with E-state index in [1.165, 1.54) is 71.7 Å². The van der Waals surface area contributed by atoms with Gasteiger partial charge in [-0.1, -0.05) is 61.2 Å². The van der Waals surface area contributed by atoms with Gasteiger partial charge in [-0.25, -0.2) is 0 Å². The third kappa shape index (κ3) is 2.62. The Bertz CT molecular complexity index is 2410. The minimum Gasteiger partial charge on any atom is -0.308 e. The van der Waals surface area contributed by atoms with Gasteiger partial charge in [0.05, 0.1) is 27.7 Å². The van der Waals surface area contributed by atoms with Crippen LogP contribution in [0.3, 0.4) is 0 Å². The summed E-state index contributed by atoms with van der Waals surface area (Å²) in [7, 11) is 0. The first kappa shape index (κ1) is 22.4. The first-order valence-electron chi connectivity index (χ1n) is 14.8. The maximum Gasteiger partial charge on any atom is 0.213 e. The quantitative estimate of drug-likeness (QED) is 0.156. The Labute approximate surface area is 243 Å². The molecule has 3 atom stereocenters. The molecule has 196 valence electrons. The molecule has 0 bridgehead atoms. The standard InChI is InChI=1S/C39H27N3/c1-2-32-37(26-14-4-3-12-24(26)33-17-7-9-20-40(32)33)39-31-22-29-28-16-11-15-27-25-13-5-6-19-35(25)42(38(27)28)36(29)23-30(31)34-18-8-10-21-41(34)39/h2-23,32,37,39H,1H2/q+2. The molecule has 0 radical (unpaired) electrons. The number of hydrogen-bond acceptors (Lipinski definition) is 0. The average Bonchev–Trinajstić information content (AvgIpc) is 3.68. The van der Waals surface area contributed by atoms with Gasteiger partial charge in [0.15, 0.2) is 24.5 Å². The summed E-state index contributed by atoms with van der Waals surface area (Å²) < 4.78 is 7.43. The SMILES string of the molecule is C=CC1C(C2c3cc4c5cccc6c7ccccc7n(c4cc3-c3cccc[n+]32)c65)c2ccccc2-c2cccc[n+]21. The van der Waals surface area contributed by atoms with Crippen LogP contribution in [0.5, 0.6) is 0 Å². The largest absolute Gasteiger partial charge is 0.308 e.